The summed E-state index contributed by atoms with van der Waals surface area (Å²) in [7, 11) is 3.30. The van der Waals surface area contributed by atoms with E-state index >= 15 is 0 Å². The molecule has 0 aromatic carbocycles. The van der Waals surface area contributed by atoms with Crippen LogP contribution in [0.25, 0.3) is 0 Å². The van der Waals surface area contributed by atoms with Gasteiger partial charge in [0.25, 0.3) is 5.01 Å². The fourth-order valence-corrected chi connectivity index (χ4v) is 5.30. The molecule has 3 amide bonds. The molecule has 0 bridgehead atoms. The minimum atomic E-state index is -0.763. The number of carbonyl (C=O) groups excluding carboxylic acids is 3. The highest BCUT2D eigenvalue weighted by atomic mass is 127. The smallest absolute Gasteiger partial charge is 0.417 e. The monoisotopic (exact) mass is 725 g/mol. The first-order chi connectivity index (χ1) is 19.9. The van der Waals surface area contributed by atoms with Gasteiger partial charge >= 0.3 is 12.2 Å². The summed E-state index contributed by atoms with van der Waals surface area (Å²) in [4.78, 5) is 37.5. The maximum absolute atomic E-state index is 12.5. The Kier molecular flexibility index (Phi) is 26.2. The molecule has 1 heterocycles. The van der Waals surface area contributed by atoms with E-state index in [9.17, 15) is 14.4 Å². The van der Waals surface area contributed by atoms with Gasteiger partial charge in [-0.1, -0.05) is 115 Å². The maximum Gasteiger partial charge on any atom is 0.417 e. The second-order valence-electron chi connectivity index (χ2n) is 10.8. The minimum absolute atomic E-state index is 0. The fourth-order valence-electron chi connectivity index (χ4n) is 4.46. The van der Waals surface area contributed by atoms with Gasteiger partial charge in [0, 0.05) is 20.6 Å². The van der Waals surface area contributed by atoms with E-state index in [-0.39, 0.29) is 43.7 Å². The number of nitrogens with one attached hydrogen (secondary N) is 1. The molecule has 1 aromatic heterocycles. The van der Waals surface area contributed by atoms with Gasteiger partial charge in [-0.25, -0.2) is 14.5 Å². The first kappa shape index (κ1) is 40.5. The van der Waals surface area contributed by atoms with Crippen molar-refractivity contribution in [2.75, 3.05) is 26.9 Å². The molecule has 0 radical (unpaired) electrons. The zero-order valence-electron chi connectivity index (χ0n) is 26.5. The summed E-state index contributed by atoms with van der Waals surface area (Å²) in [6, 6.07) is 0. The van der Waals surface area contributed by atoms with Crippen LogP contribution in [0.2, 0.25) is 0 Å². The first-order valence-electron chi connectivity index (χ1n) is 15.7. The number of hydrogen-bond donors (Lipinski definition) is 1. The third kappa shape index (κ3) is 20.4. The largest absolute Gasteiger partial charge is 1.00 e. The normalized spacial score (nSPS) is 11.4. The van der Waals surface area contributed by atoms with E-state index in [1.807, 2.05) is 23.2 Å². The third-order valence-electron chi connectivity index (χ3n) is 7.20. The highest BCUT2D eigenvalue weighted by Crippen LogP contribution is 2.14. The molecule has 0 spiro atoms. The number of unbranched alkanes of at least 4 members (excludes halogenated alkanes) is 15. The van der Waals surface area contributed by atoms with Crippen molar-refractivity contribution < 1.29 is 57.1 Å². The lowest BCUT2D eigenvalue weighted by Gasteiger charge is -2.20. The van der Waals surface area contributed by atoms with Crippen LogP contribution in [0.4, 0.5) is 9.59 Å². The highest BCUT2D eigenvalue weighted by molar-refractivity contribution is 7.09. The topological polar surface area (TPSA) is 98.0 Å². The molecule has 1 unspecified atom stereocenters. The average Bonchev–Trinajstić information content (AvgIpc) is 3.37. The summed E-state index contributed by atoms with van der Waals surface area (Å²) in [5.74, 6) is -0.415. The number of ether oxygens (including phenoxy) is 3. The van der Waals surface area contributed by atoms with Gasteiger partial charge in [0.2, 0.25) is 5.91 Å². The highest BCUT2D eigenvalue weighted by Gasteiger charge is 2.25. The van der Waals surface area contributed by atoms with E-state index in [0.29, 0.717) is 6.54 Å². The third-order valence-corrected chi connectivity index (χ3v) is 8.15. The van der Waals surface area contributed by atoms with Crippen molar-refractivity contribution in [2.24, 2.45) is 7.05 Å². The Bertz CT molecular complexity index is 841. The Morgan fingerprint density at radius 3 is 1.81 bits per heavy atom. The van der Waals surface area contributed by atoms with E-state index in [1.165, 1.54) is 115 Å². The second-order valence-corrected chi connectivity index (χ2v) is 11.8. The zero-order valence-corrected chi connectivity index (χ0v) is 29.5. The molecular formula is C31H56IN3O6S. The van der Waals surface area contributed by atoms with E-state index < -0.39 is 24.2 Å². The molecule has 0 saturated carbocycles. The first-order valence-corrected chi connectivity index (χ1v) is 16.6. The number of halogens is 1. The van der Waals surface area contributed by atoms with Crippen molar-refractivity contribution in [3.63, 3.8) is 0 Å². The summed E-state index contributed by atoms with van der Waals surface area (Å²) in [6.07, 6.45) is 20.9. The number of aryl methyl sites for hydroxylation is 1. The summed E-state index contributed by atoms with van der Waals surface area (Å²) < 4.78 is 17.6. The number of hydrogen-bond acceptors (Lipinski definition) is 7. The molecular weight excluding hydrogens is 669 g/mol. The summed E-state index contributed by atoms with van der Waals surface area (Å²) in [5.41, 5.74) is 0. The van der Waals surface area contributed by atoms with E-state index in [2.05, 4.69) is 12.2 Å². The lowest BCUT2D eigenvalue weighted by atomic mass is 10.0. The number of alkyl carbamates (subject to hydrolysis) is 1. The zero-order chi connectivity index (χ0) is 30.1. The van der Waals surface area contributed by atoms with Gasteiger partial charge < -0.3 is 43.5 Å². The van der Waals surface area contributed by atoms with Crippen LogP contribution in [0.3, 0.4) is 0 Å². The molecule has 1 aromatic rings. The van der Waals surface area contributed by atoms with Crippen LogP contribution < -0.4 is 33.9 Å². The molecule has 1 atom stereocenters. The molecule has 0 aliphatic heterocycles. The number of nitrogens with zero attached hydrogens (tertiary/aromatic N) is 2. The number of carbonyl (C=O) groups is 3. The molecule has 0 aliphatic rings. The predicted molar refractivity (Wildman–Crippen MR) is 163 cm³/mol. The van der Waals surface area contributed by atoms with Gasteiger partial charge in [0.1, 0.15) is 32.9 Å². The molecule has 9 nitrogen and oxygen atoms in total. The summed E-state index contributed by atoms with van der Waals surface area (Å²) in [5, 5.41) is 5.48. The van der Waals surface area contributed by atoms with E-state index in [4.69, 9.17) is 14.2 Å². The fraction of sp³-hybridized carbons (Fsp3) is 0.806. The minimum Gasteiger partial charge on any atom is -1.00 e. The molecule has 42 heavy (non-hydrogen) atoms. The van der Waals surface area contributed by atoms with Crippen LogP contribution in [0.5, 0.6) is 0 Å². The van der Waals surface area contributed by atoms with Crippen molar-refractivity contribution in [2.45, 2.75) is 129 Å². The van der Waals surface area contributed by atoms with E-state index in [0.717, 1.165) is 22.7 Å². The van der Waals surface area contributed by atoms with Crippen molar-refractivity contribution in [3.05, 3.63) is 16.6 Å². The Morgan fingerprint density at radius 2 is 1.36 bits per heavy atom. The average molecular weight is 726 g/mol. The number of rotatable bonds is 24. The lowest BCUT2D eigenvalue weighted by Crippen LogP contribution is -3.00. The lowest BCUT2D eigenvalue weighted by molar-refractivity contribution is -0.674. The van der Waals surface area contributed by atoms with Crippen LogP contribution in [-0.4, -0.2) is 56.0 Å². The molecule has 0 aliphatic carbocycles. The van der Waals surface area contributed by atoms with Crippen LogP contribution in [0, 0.1) is 0 Å². The molecule has 244 valence electrons. The SMILES string of the molecule is CCCCCCCCCCCCCCCCCCNC(=O)OCC(COC(=O)N(Cc1scc[n+]1C)C(C)=O)OC.[I-]. The summed E-state index contributed by atoms with van der Waals surface area (Å²) >= 11 is 1.44. The Hall–Kier alpha value is -1.47. The van der Waals surface area contributed by atoms with Crippen LogP contribution in [0.15, 0.2) is 11.6 Å². The number of imide groups is 1. The van der Waals surface area contributed by atoms with Gasteiger partial charge in [-0.15, -0.1) is 0 Å². The number of aromatic nitrogens is 1. The number of thiazole rings is 1. The van der Waals surface area contributed by atoms with Crippen LogP contribution in [0.1, 0.15) is 122 Å². The summed E-state index contributed by atoms with van der Waals surface area (Å²) in [6.45, 7) is 4.08. The Labute approximate surface area is 275 Å². The van der Waals surface area contributed by atoms with Crippen LogP contribution in [-0.2, 0) is 32.6 Å². The maximum atomic E-state index is 12.5. The number of amides is 3. The van der Waals surface area contributed by atoms with Crippen molar-refractivity contribution in [1.82, 2.24) is 10.2 Å². The van der Waals surface area contributed by atoms with Crippen molar-refractivity contribution in [3.8, 4) is 0 Å². The van der Waals surface area contributed by atoms with Gasteiger partial charge in [0.15, 0.2) is 6.20 Å². The van der Waals surface area contributed by atoms with Gasteiger partial charge in [-0.2, -0.15) is 4.57 Å². The molecule has 1 rings (SSSR count). The molecule has 0 fully saturated rings. The standard InChI is InChI=1S/C31H55N3O6S.HI/c1-5-6-7-8-9-10-11-12-13-14-15-16-17-18-19-20-21-32-30(36)39-25-28(38-4)26-40-31(37)34(27(2)35)24-29-33(3)22-23-41-29;/h22-23,28H,5-21,24-26H2,1-4H3;1H. The molecule has 1 N–H and O–H groups in total. The van der Waals surface area contributed by atoms with Crippen LogP contribution >= 0.6 is 11.3 Å². The quantitative estimate of drug-likeness (QED) is 0.0982. The van der Waals surface area contributed by atoms with Gasteiger partial charge in [0.05, 0.1) is 5.38 Å². The molecule has 0 saturated heterocycles. The molecule has 11 heteroatoms. The number of methoxy groups -OCH3 is 1. The Morgan fingerprint density at radius 1 is 0.857 bits per heavy atom. The van der Waals surface area contributed by atoms with Gasteiger partial charge in [-0.05, 0) is 6.42 Å². The Balaban J connectivity index is 0.0000168. The van der Waals surface area contributed by atoms with Crippen molar-refractivity contribution >= 4 is 29.4 Å². The second kappa shape index (κ2) is 27.1. The predicted octanol–water partition coefficient (Wildman–Crippen LogP) is 4.06. The van der Waals surface area contributed by atoms with Gasteiger partial charge in [-0.3, -0.25) is 4.79 Å². The van der Waals surface area contributed by atoms with E-state index in [1.54, 1.807) is 0 Å². The van der Waals surface area contributed by atoms with Crippen molar-refractivity contribution in [1.29, 1.82) is 0 Å².